The molecule has 94 valence electrons. The number of hydrogen-bond acceptors (Lipinski definition) is 3. The molecule has 0 aliphatic heterocycles. The third-order valence-corrected chi connectivity index (χ3v) is 3.26. The number of aromatic nitrogens is 2. The summed E-state index contributed by atoms with van der Waals surface area (Å²) in [5.74, 6) is -0.367. The number of carboxylic acids is 1. The molecule has 2 N–H and O–H groups in total. The van der Waals surface area contributed by atoms with Crippen LogP contribution in [0.3, 0.4) is 0 Å². The van der Waals surface area contributed by atoms with E-state index in [1.165, 1.54) is 0 Å². The quantitative estimate of drug-likeness (QED) is 0.914. The molecule has 0 aliphatic rings. The van der Waals surface area contributed by atoms with Crippen LogP contribution in [0.25, 0.3) is 0 Å². The molecule has 6 heteroatoms. The zero-order valence-corrected chi connectivity index (χ0v) is 11.5. The summed E-state index contributed by atoms with van der Waals surface area (Å²) in [5, 5.41) is 16.4. The molecule has 0 atom stereocenters. The minimum Gasteiger partial charge on any atom is -0.478 e. The number of halogens is 1. The van der Waals surface area contributed by atoms with Gasteiger partial charge >= 0.3 is 5.97 Å². The predicted octanol–water partition coefficient (Wildman–Crippen LogP) is 2.93. The Morgan fingerprint density at radius 1 is 1.50 bits per heavy atom. The highest BCUT2D eigenvalue weighted by Crippen LogP contribution is 2.27. The van der Waals surface area contributed by atoms with E-state index in [9.17, 15) is 9.90 Å². The first-order valence-corrected chi connectivity index (χ1v) is 6.08. The van der Waals surface area contributed by atoms with Crippen molar-refractivity contribution in [1.82, 2.24) is 9.78 Å². The van der Waals surface area contributed by atoms with Gasteiger partial charge in [0.2, 0.25) is 0 Å². The Bertz CT molecular complexity index is 588. The first kappa shape index (κ1) is 12.6. The number of carboxylic acid groups (broad SMARTS) is 1. The normalized spacial score (nSPS) is 10.4. The summed E-state index contributed by atoms with van der Waals surface area (Å²) in [6, 6.07) is 7.03. The number of nitrogens with one attached hydrogen (secondary N) is 1. The van der Waals surface area contributed by atoms with E-state index in [4.69, 9.17) is 0 Å². The van der Waals surface area contributed by atoms with Crippen LogP contribution in [0.15, 0.2) is 28.7 Å². The molecule has 0 aliphatic carbocycles. The van der Waals surface area contributed by atoms with Crippen molar-refractivity contribution < 1.29 is 9.90 Å². The van der Waals surface area contributed by atoms with Gasteiger partial charge in [0.25, 0.3) is 0 Å². The average molecular weight is 310 g/mol. The zero-order valence-electron chi connectivity index (χ0n) is 9.94. The fourth-order valence-corrected chi connectivity index (χ4v) is 2.14. The van der Waals surface area contributed by atoms with Crippen LogP contribution in [0.2, 0.25) is 0 Å². The SMILES string of the molecule is Cc1cc(Nc2cccc(Br)c2C(=O)O)nn1C. The van der Waals surface area contributed by atoms with Gasteiger partial charge in [-0.3, -0.25) is 4.68 Å². The molecule has 2 aromatic rings. The lowest BCUT2D eigenvalue weighted by molar-refractivity contribution is 0.0697. The van der Waals surface area contributed by atoms with Crippen molar-refractivity contribution in [1.29, 1.82) is 0 Å². The second kappa shape index (κ2) is 4.81. The molecule has 1 aromatic heterocycles. The van der Waals surface area contributed by atoms with Crippen molar-refractivity contribution in [3.8, 4) is 0 Å². The molecule has 1 heterocycles. The Balaban J connectivity index is 2.40. The van der Waals surface area contributed by atoms with Gasteiger partial charge < -0.3 is 10.4 Å². The van der Waals surface area contributed by atoms with Crippen LogP contribution >= 0.6 is 15.9 Å². The van der Waals surface area contributed by atoms with Gasteiger partial charge in [-0.15, -0.1) is 0 Å². The van der Waals surface area contributed by atoms with Crippen molar-refractivity contribution in [3.05, 3.63) is 40.0 Å². The lowest BCUT2D eigenvalue weighted by atomic mass is 10.2. The van der Waals surface area contributed by atoms with Crippen LogP contribution in [-0.4, -0.2) is 20.9 Å². The Labute approximate surface area is 113 Å². The molecule has 5 nitrogen and oxygen atoms in total. The zero-order chi connectivity index (χ0) is 13.3. The summed E-state index contributed by atoms with van der Waals surface area (Å²) in [6.07, 6.45) is 0. The summed E-state index contributed by atoms with van der Waals surface area (Å²) in [5.41, 5.74) is 1.69. The Hall–Kier alpha value is -1.82. The maximum Gasteiger partial charge on any atom is 0.338 e. The predicted molar refractivity (Wildman–Crippen MR) is 72.3 cm³/mol. The topological polar surface area (TPSA) is 67.2 Å². The molecule has 0 bridgehead atoms. The minimum absolute atomic E-state index is 0.195. The van der Waals surface area contributed by atoms with Crippen LogP contribution in [0, 0.1) is 6.92 Å². The lowest BCUT2D eigenvalue weighted by Gasteiger charge is -2.08. The van der Waals surface area contributed by atoms with E-state index in [0.717, 1.165) is 5.69 Å². The monoisotopic (exact) mass is 309 g/mol. The van der Waals surface area contributed by atoms with Crippen molar-refractivity contribution >= 4 is 33.4 Å². The van der Waals surface area contributed by atoms with Crippen LogP contribution in [0.1, 0.15) is 16.1 Å². The Kier molecular flexibility index (Phi) is 3.38. The molecule has 0 unspecified atom stereocenters. The fourth-order valence-electron chi connectivity index (χ4n) is 1.61. The van der Waals surface area contributed by atoms with Crippen molar-refractivity contribution in [2.45, 2.75) is 6.92 Å². The van der Waals surface area contributed by atoms with Gasteiger partial charge in [-0.1, -0.05) is 6.07 Å². The molecule has 0 saturated heterocycles. The van der Waals surface area contributed by atoms with Gasteiger partial charge in [0.15, 0.2) is 5.82 Å². The van der Waals surface area contributed by atoms with E-state index in [2.05, 4.69) is 26.3 Å². The molecule has 0 saturated carbocycles. The Morgan fingerprint density at radius 3 is 2.78 bits per heavy atom. The standard InChI is InChI=1S/C12H12BrN3O2/c1-7-6-10(15-16(7)2)14-9-5-3-4-8(13)11(9)12(17)18/h3-6H,1-2H3,(H,14,15)(H,17,18). The van der Waals surface area contributed by atoms with E-state index in [1.54, 1.807) is 22.9 Å². The third kappa shape index (κ3) is 2.38. The van der Waals surface area contributed by atoms with Crippen molar-refractivity contribution in [3.63, 3.8) is 0 Å². The molecular formula is C12H12BrN3O2. The number of nitrogens with zero attached hydrogens (tertiary/aromatic N) is 2. The summed E-state index contributed by atoms with van der Waals surface area (Å²) < 4.78 is 2.26. The molecule has 1 aromatic carbocycles. The summed E-state index contributed by atoms with van der Waals surface area (Å²) >= 11 is 3.23. The number of rotatable bonds is 3. The molecule has 0 spiro atoms. The average Bonchev–Trinajstić information content (AvgIpc) is 2.57. The van der Waals surface area contributed by atoms with E-state index >= 15 is 0 Å². The first-order valence-electron chi connectivity index (χ1n) is 5.28. The largest absolute Gasteiger partial charge is 0.478 e. The van der Waals surface area contributed by atoms with Crippen LogP contribution < -0.4 is 5.32 Å². The first-order chi connectivity index (χ1) is 8.49. The van der Waals surface area contributed by atoms with E-state index < -0.39 is 5.97 Å². The summed E-state index contributed by atoms with van der Waals surface area (Å²) in [6.45, 7) is 1.93. The molecule has 0 amide bonds. The van der Waals surface area contributed by atoms with Gasteiger partial charge in [0, 0.05) is 23.3 Å². The minimum atomic E-state index is -0.988. The Morgan fingerprint density at radius 2 is 2.22 bits per heavy atom. The number of hydrogen-bond donors (Lipinski definition) is 2. The smallest absolute Gasteiger partial charge is 0.338 e. The molecule has 2 rings (SSSR count). The maximum atomic E-state index is 11.2. The molecule has 0 radical (unpaired) electrons. The number of aryl methyl sites for hydroxylation is 2. The molecule has 0 fully saturated rings. The number of anilines is 2. The van der Waals surface area contributed by atoms with Gasteiger partial charge in [0.1, 0.15) is 0 Å². The number of carbonyl (C=O) groups is 1. The van der Waals surface area contributed by atoms with E-state index in [0.29, 0.717) is 16.0 Å². The van der Waals surface area contributed by atoms with Crippen molar-refractivity contribution in [2.75, 3.05) is 5.32 Å². The highest BCUT2D eigenvalue weighted by atomic mass is 79.9. The number of benzene rings is 1. The maximum absolute atomic E-state index is 11.2. The molecule has 18 heavy (non-hydrogen) atoms. The van der Waals surface area contributed by atoms with Gasteiger partial charge in [-0.25, -0.2) is 4.79 Å². The fraction of sp³-hybridized carbons (Fsp3) is 0.167. The van der Waals surface area contributed by atoms with Crippen molar-refractivity contribution in [2.24, 2.45) is 7.05 Å². The van der Waals surface area contributed by atoms with Gasteiger partial charge in [0.05, 0.1) is 11.3 Å². The second-order valence-electron chi connectivity index (χ2n) is 3.89. The third-order valence-electron chi connectivity index (χ3n) is 2.60. The van der Waals surface area contributed by atoms with E-state index in [-0.39, 0.29) is 5.56 Å². The summed E-state index contributed by atoms with van der Waals surface area (Å²) in [7, 11) is 1.83. The van der Waals surface area contributed by atoms with Gasteiger partial charge in [-0.05, 0) is 35.0 Å². The van der Waals surface area contributed by atoms with Gasteiger partial charge in [-0.2, -0.15) is 5.10 Å². The highest BCUT2D eigenvalue weighted by molar-refractivity contribution is 9.10. The van der Waals surface area contributed by atoms with Crippen LogP contribution in [0.4, 0.5) is 11.5 Å². The van der Waals surface area contributed by atoms with Crippen LogP contribution in [-0.2, 0) is 7.05 Å². The molecular weight excluding hydrogens is 298 g/mol. The highest BCUT2D eigenvalue weighted by Gasteiger charge is 2.14. The number of aromatic carboxylic acids is 1. The van der Waals surface area contributed by atoms with Crippen LogP contribution in [0.5, 0.6) is 0 Å². The second-order valence-corrected chi connectivity index (χ2v) is 4.74. The lowest BCUT2D eigenvalue weighted by Crippen LogP contribution is -2.04. The summed E-state index contributed by atoms with van der Waals surface area (Å²) in [4.78, 5) is 11.2. The van der Waals surface area contributed by atoms with E-state index in [1.807, 2.05) is 20.0 Å².